The number of thioether (sulfide) groups is 2. The number of aldehydes is 1. The first-order chi connectivity index (χ1) is 18.6. The van der Waals surface area contributed by atoms with E-state index < -0.39 is 0 Å². The van der Waals surface area contributed by atoms with Crippen LogP contribution in [0.15, 0.2) is 70.8 Å². The fourth-order valence-electron chi connectivity index (χ4n) is 3.90. The summed E-state index contributed by atoms with van der Waals surface area (Å²) >= 11 is 9.68. The lowest BCUT2D eigenvalue weighted by Crippen LogP contribution is -2.06. The van der Waals surface area contributed by atoms with Crippen LogP contribution < -0.4 is 18.9 Å². The molecule has 1 aliphatic heterocycles. The van der Waals surface area contributed by atoms with E-state index in [9.17, 15) is 4.79 Å². The second-order valence-electron chi connectivity index (χ2n) is 8.36. The van der Waals surface area contributed by atoms with Crippen molar-refractivity contribution in [2.24, 2.45) is 0 Å². The van der Waals surface area contributed by atoms with Crippen LogP contribution in [0.25, 0.3) is 0 Å². The Kier molecular flexibility index (Phi) is 8.36. The number of methoxy groups -OCH3 is 2. The molecular weight excluding hydrogens is 544 g/mol. The summed E-state index contributed by atoms with van der Waals surface area (Å²) in [6, 6.07) is 19.4. The highest BCUT2D eigenvalue weighted by molar-refractivity contribution is 7.99. The van der Waals surface area contributed by atoms with Crippen molar-refractivity contribution in [3.63, 3.8) is 0 Å². The van der Waals surface area contributed by atoms with E-state index in [4.69, 9.17) is 35.5 Å². The largest absolute Gasteiger partial charge is 0.497 e. The van der Waals surface area contributed by atoms with Gasteiger partial charge in [-0.2, -0.15) is 0 Å². The number of benzene rings is 3. The molecular formula is C28H25ClN2O5S2. The van der Waals surface area contributed by atoms with Crippen LogP contribution >= 0.6 is 35.1 Å². The third kappa shape index (κ3) is 5.90. The van der Waals surface area contributed by atoms with E-state index in [1.165, 1.54) is 11.8 Å². The van der Waals surface area contributed by atoms with Crippen LogP contribution in [0.1, 0.15) is 27.2 Å². The molecule has 5 rings (SSSR count). The zero-order chi connectivity index (χ0) is 26.5. The van der Waals surface area contributed by atoms with Crippen molar-refractivity contribution in [1.82, 2.24) is 9.55 Å². The summed E-state index contributed by atoms with van der Waals surface area (Å²) in [4.78, 5) is 17.3. The predicted molar refractivity (Wildman–Crippen MR) is 149 cm³/mol. The van der Waals surface area contributed by atoms with Crippen LogP contribution in [0.3, 0.4) is 0 Å². The molecule has 0 amide bonds. The highest BCUT2D eigenvalue weighted by Crippen LogP contribution is 2.38. The number of ether oxygens (including phenoxy) is 4. The van der Waals surface area contributed by atoms with Gasteiger partial charge in [0.15, 0.2) is 22.9 Å². The summed E-state index contributed by atoms with van der Waals surface area (Å²) in [5.74, 6) is 4.20. The monoisotopic (exact) mass is 568 g/mol. The normalized spacial score (nSPS) is 12.0. The fourth-order valence-corrected chi connectivity index (χ4v) is 6.09. The Balaban J connectivity index is 1.43. The average Bonchev–Trinajstić information content (AvgIpc) is 3.54. The van der Waals surface area contributed by atoms with Gasteiger partial charge in [-0.05, 0) is 47.0 Å². The molecule has 0 aliphatic carbocycles. The van der Waals surface area contributed by atoms with Crippen LogP contribution in [0.4, 0.5) is 0 Å². The second-order valence-corrected chi connectivity index (χ2v) is 10.7. The van der Waals surface area contributed by atoms with Gasteiger partial charge in [0.2, 0.25) is 6.79 Å². The van der Waals surface area contributed by atoms with Crippen LogP contribution in [-0.4, -0.2) is 36.8 Å². The maximum atomic E-state index is 12.4. The minimum absolute atomic E-state index is 0.162. The van der Waals surface area contributed by atoms with Gasteiger partial charge in [0.05, 0.1) is 20.8 Å². The summed E-state index contributed by atoms with van der Waals surface area (Å²) in [6.45, 7) is 0.527. The van der Waals surface area contributed by atoms with Crippen molar-refractivity contribution in [1.29, 1.82) is 0 Å². The van der Waals surface area contributed by atoms with Crippen LogP contribution in [0, 0.1) is 0 Å². The van der Waals surface area contributed by atoms with E-state index in [2.05, 4.69) is 0 Å². The van der Waals surface area contributed by atoms with Gasteiger partial charge in [-0.15, -0.1) is 0 Å². The number of nitrogens with zero attached hydrogens (tertiary/aromatic N) is 2. The molecule has 1 aromatic heterocycles. The predicted octanol–water partition coefficient (Wildman–Crippen LogP) is 6.73. The summed E-state index contributed by atoms with van der Waals surface area (Å²) in [6.07, 6.45) is 0.863. The Bertz CT molecular complexity index is 1420. The smallest absolute Gasteiger partial charge is 0.231 e. The molecule has 4 aromatic rings. The van der Waals surface area contributed by atoms with E-state index in [0.29, 0.717) is 45.3 Å². The molecule has 0 saturated carbocycles. The molecule has 3 aromatic carbocycles. The summed E-state index contributed by atoms with van der Waals surface area (Å²) in [7, 11) is 3.29. The van der Waals surface area contributed by atoms with Crippen molar-refractivity contribution in [3.05, 3.63) is 88.1 Å². The Labute approximate surface area is 234 Å². The summed E-state index contributed by atoms with van der Waals surface area (Å²) in [5.41, 5.74) is 3.55. The van der Waals surface area contributed by atoms with Gasteiger partial charge in [-0.1, -0.05) is 59.4 Å². The minimum Gasteiger partial charge on any atom is -0.497 e. The number of rotatable bonds is 11. The van der Waals surface area contributed by atoms with Crippen molar-refractivity contribution >= 4 is 41.4 Å². The second kappa shape index (κ2) is 12.1. The number of halogens is 1. The third-order valence-corrected chi connectivity index (χ3v) is 8.43. The molecule has 0 spiro atoms. The number of hydrogen-bond acceptors (Lipinski definition) is 8. The molecule has 0 atom stereocenters. The van der Waals surface area contributed by atoms with Gasteiger partial charge in [-0.25, -0.2) is 4.98 Å². The van der Waals surface area contributed by atoms with E-state index in [1.54, 1.807) is 32.0 Å². The average molecular weight is 569 g/mol. The van der Waals surface area contributed by atoms with E-state index in [0.717, 1.165) is 39.6 Å². The van der Waals surface area contributed by atoms with E-state index in [-0.39, 0.29) is 6.79 Å². The zero-order valence-electron chi connectivity index (χ0n) is 20.8. The van der Waals surface area contributed by atoms with Crippen molar-refractivity contribution in [2.75, 3.05) is 21.0 Å². The first kappa shape index (κ1) is 26.3. The lowest BCUT2D eigenvalue weighted by Gasteiger charge is -2.12. The molecule has 0 N–H and O–H groups in total. The molecule has 38 heavy (non-hydrogen) atoms. The first-order valence-electron chi connectivity index (χ1n) is 11.7. The number of imidazole rings is 1. The SMILES string of the molecule is COc1ccc(CSc2nc(SCc3ccc(OC)cc3)n(Cc3cc4c(cc3Cl)OCO4)c2C=O)cc1. The standard InChI is InChI=1S/C28H25ClN2O5S2/c1-33-21-7-3-18(4-8-21)15-37-27-24(14-32)31(13-20-11-25-26(12-23(20)29)36-17-35-25)28(30-27)38-16-19-5-9-22(34-2)10-6-19/h3-12,14H,13,15-17H2,1-2H3. The minimum atomic E-state index is 0.162. The molecule has 7 nitrogen and oxygen atoms in total. The first-order valence-corrected chi connectivity index (χ1v) is 14.1. The lowest BCUT2D eigenvalue weighted by molar-refractivity contribution is 0.111. The van der Waals surface area contributed by atoms with Gasteiger partial charge in [0, 0.05) is 22.6 Å². The number of hydrogen-bond donors (Lipinski definition) is 0. The van der Waals surface area contributed by atoms with Crippen molar-refractivity contribution in [2.45, 2.75) is 28.2 Å². The Morgan fingerprint density at radius 2 is 1.50 bits per heavy atom. The highest BCUT2D eigenvalue weighted by atomic mass is 35.5. The molecule has 2 heterocycles. The number of carbonyl (C=O) groups excluding carboxylic acids is 1. The topological polar surface area (TPSA) is 71.8 Å². The Hall–Kier alpha value is -3.27. The highest BCUT2D eigenvalue weighted by Gasteiger charge is 2.22. The fraction of sp³-hybridized carbons (Fsp3) is 0.214. The molecule has 0 radical (unpaired) electrons. The van der Waals surface area contributed by atoms with Gasteiger partial charge < -0.3 is 23.5 Å². The third-order valence-electron chi connectivity index (χ3n) is 5.98. The Morgan fingerprint density at radius 1 is 0.921 bits per heavy atom. The van der Waals surface area contributed by atoms with E-state index >= 15 is 0 Å². The summed E-state index contributed by atoms with van der Waals surface area (Å²) in [5, 5.41) is 1.94. The molecule has 1 aliphatic rings. The van der Waals surface area contributed by atoms with Gasteiger partial charge in [0.1, 0.15) is 22.2 Å². The molecule has 10 heteroatoms. The molecule has 196 valence electrons. The maximum Gasteiger partial charge on any atom is 0.231 e. The molecule has 0 fully saturated rings. The van der Waals surface area contributed by atoms with Crippen molar-refractivity contribution in [3.8, 4) is 23.0 Å². The zero-order valence-corrected chi connectivity index (χ0v) is 23.2. The van der Waals surface area contributed by atoms with E-state index in [1.807, 2.05) is 59.2 Å². The Morgan fingerprint density at radius 3 is 2.08 bits per heavy atom. The van der Waals surface area contributed by atoms with Crippen LogP contribution in [0.5, 0.6) is 23.0 Å². The number of fused-ring (bicyclic) bond motifs is 1. The maximum absolute atomic E-state index is 12.4. The van der Waals surface area contributed by atoms with Crippen molar-refractivity contribution < 1.29 is 23.7 Å². The molecule has 0 bridgehead atoms. The quantitative estimate of drug-likeness (QED) is 0.146. The van der Waals surface area contributed by atoms with Gasteiger partial charge >= 0.3 is 0 Å². The van der Waals surface area contributed by atoms with Crippen LogP contribution in [-0.2, 0) is 18.1 Å². The molecule has 0 unspecified atom stereocenters. The molecule has 0 saturated heterocycles. The van der Waals surface area contributed by atoms with Gasteiger partial charge in [0.25, 0.3) is 0 Å². The number of aromatic nitrogens is 2. The number of carbonyl (C=O) groups is 1. The van der Waals surface area contributed by atoms with Crippen LogP contribution in [0.2, 0.25) is 5.02 Å². The lowest BCUT2D eigenvalue weighted by atomic mass is 10.2. The van der Waals surface area contributed by atoms with Gasteiger partial charge in [-0.3, -0.25) is 4.79 Å². The summed E-state index contributed by atoms with van der Waals surface area (Å²) < 4.78 is 23.4.